The summed E-state index contributed by atoms with van der Waals surface area (Å²) >= 11 is 0. The lowest BCUT2D eigenvalue weighted by Crippen LogP contribution is -2.50. The molecule has 34 heavy (non-hydrogen) atoms. The summed E-state index contributed by atoms with van der Waals surface area (Å²) in [6.45, 7) is 5.32. The number of carbonyl (C=O) groups is 1. The number of allylic oxidation sites excluding steroid dienone is 1. The zero-order valence-corrected chi connectivity index (χ0v) is 20.5. The molecule has 1 amide bonds. The number of ether oxygens (including phenoxy) is 1. The first-order chi connectivity index (χ1) is 16.1. The van der Waals surface area contributed by atoms with Crippen LogP contribution in [0.15, 0.2) is 47.5 Å². The van der Waals surface area contributed by atoms with Crippen LogP contribution in [-0.4, -0.2) is 72.5 Å². The normalized spacial score (nSPS) is 20.1. The van der Waals surface area contributed by atoms with Gasteiger partial charge in [-0.2, -0.15) is 4.31 Å². The number of pyridine rings is 1. The monoisotopic (exact) mass is 491 g/mol. The van der Waals surface area contributed by atoms with Crippen molar-refractivity contribution in [1.82, 2.24) is 14.2 Å². The molecule has 0 fully saturated rings. The fourth-order valence-corrected chi connectivity index (χ4v) is 5.04. The Morgan fingerprint density at radius 2 is 2.09 bits per heavy atom. The SMILES string of the molecule is CC=Cc1cnc2c(c1)C(=O)N([C@H](C)CO)C[C@@H](C)[C@H](CN(C)S(=O)(=O)c1ccccc1F)O2. The van der Waals surface area contributed by atoms with E-state index < -0.39 is 32.9 Å². The van der Waals surface area contributed by atoms with E-state index in [9.17, 15) is 22.7 Å². The van der Waals surface area contributed by atoms with Crippen LogP contribution < -0.4 is 4.74 Å². The number of aliphatic hydroxyl groups is 1. The molecule has 10 heteroatoms. The van der Waals surface area contributed by atoms with Crippen molar-refractivity contribution in [3.63, 3.8) is 0 Å². The van der Waals surface area contributed by atoms with Gasteiger partial charge in [-0.05, 0) is 37.6 Å². The number of hydrogen-bond donors (Lipinski definition) is 1. The molecule has 0 radical (unpaired) electrons. The second-order valence-corrected chi connectivity index (χ2v) is 10.5. The van der Waals surface area contributed by atoms with Gasteiger partial charge in [-0.1, -0.05) is 31.2 Å². The fourth-order valence-electron chi connectivity index (χ4n) is 3.79. The number of aliphatic hydroxyl groups excluding tert-OH is 1. The molecule has 0 unspecified atom stereocenters. The number of sulfonamides is 1. The summed E-state index contributed by atoms with van der Waals surface area (Å²) in [6, 6.07) is 6.39. The predicted molar refractivity (Wildman–Crippen MR) is 126 cm³/mol. The maximum atomic E-state index is 14.2. The molecule has 8 nitrogen and oxygen atoms in total. The third-order valence-electron chi connectivity index (χ3n) is 5.86. The Kier molecular flexibility index (Phi) is 8.06. The summed E-state index contributed by atoms with van der Waals surface area (Å²) in [4.78, 5) is 18.8. The molecule has 184 valence electrons. The van der Waals surface area contributed by atoms with Gasteiger partial charge in [0.15, 0.2) is 0 Å². The molecule has 3 atom stereocenters. The highest BCUT2D eigenvalue weighted by Gasteiger charge is 2.36. The minimum absolute atomic E-state index is 0.0848. The number of likely N-dealkylation sites (N-methyl/N-ethyl adjacent to an activating group) is 1. The van der Waals surface area contributed by atoms with E-state index in [1.807, 2.05) is 19.9 Å². The van der Waals surface area contributed by atoms with E-state index in [1.165, 1.54) is 25.2 Å². The molecule has 0 bridgehead atoms. The number of fused-ring (bicyclic) bond motifs is 1. The van der Waals surface area contributed by atoms with Gasteiger partial charge in [0.25, 0.3) is 5.91 Å². The highest BCUT2D eigenvalue weighted by Crippen LogP contribution is 2.28. The summed E-state index contributed by atoms with van der Waals surface area (Å²) in [5, 5.41) is 9.74. The van der Waals surface area contributed by atoms with Gasteiger partial charge in [0, 0.05) is 25.7 Å². The number of benzene rings is 1. The van der Waals surface area contributed by atoms with E-state index in [0.29, 0.717) is 5.56 Å². The lowest BCUT2D eigenvalue weighted by atomic mass is 10.00. The Hall–Kier alpha value is -2.82. The summed E-state index contributed by atoms with van der Waals surface area (Å²) in [6.07, 6.45) is 4.49. The summed E-state index contributed by atoms with van der Waals surface area (Å²) in [5.74, 6) is -1.39. The quantitative estimate of drug-likeness (QED) is 0.639. The summed E-state index contributed by atoms with van der Waals surface area (Å²) in [7, 11) is -2.76. The van der Waals surface area contributed by atoms with Crippen LogP contribution in [0.25, 0.3) is 6.08 Å². The van der Waals surface area contributed by atoms with E-state index in [2.05, 4.69) is 4.98 Å². The average Bonchev–Trinajstić information content (AvgIpc) is 2.81. The molecule has 1 aliphatic rings. The van der Waals surface area contributed by atoms with Crippen LogP contribution in [0.2, 0.25) is 0 Å². The van der Waals surface area contributed by atoms with Gasteiger partial charge in [-0.25, -0.2) is 17.8 Å². The van der Waals surface area contributed by atoms with Crippen LogP contribution in [0.3, 0.4) is 0 Å². The third kappa shape index (κ3) is 5.29. The van der Waals surface area contributed by atoms with Crippen molar-refractivity contribution in [2.45, 2.75) is 37.8 Å². The van der Waals surface area contributed by atoms with E-state index >= 15 is 0 Å². The number of amides is 1. The average molecular weight is 492 g/mol. The van der Waals surface area contributed by atoms with E-state index in [1.54, 1.807) is 30.2 Å². The predicted octanol–water partition coefficient (Wildman–Crippen LogP) is 2.79. The van der Waals surface area contributed by atoms with Crippen molar-refractivity contribution in [2.24, 2.45) is 5.92 Å². The van der Waals surface area contributed by atoms with E-state index in [-0.39, 0.29) is 43.0 Å². The van der Waals surface area contributed by atoms with Crippen molar-refractivity contribution in [2.75, 3.05) is 26.7 Å². The number of halogens is 1. The number of rotatable bonds is 7. The Bertz CT molecular complexity index is 1170. The first-order valence-electron chi connectivity index (χ1n) is 11.0. The molecule has 0 saturated carbocycles. The summed E-state index contributed by atoms with van der Waals surface area (Å²) in [5.41, 5.74) is 0.937. The molecule has 1 N–H and O–H groups in total. The minimum Gasteiger partial charge on any atom is -0.472 e. The Morgan fingerprint density at radius 3 is 2.74 bits per heavy atom. The molecule has 1 aliphatic heterocycles. The Balaban J connectivity index is 1.99. The van der Waals surface area contributed by atoms with E-state index in [4.69, 9.17) is 4.74 Å². The Labute approximate surface area is 199 Å². The molecule has 2 aromatic rings. The lowest BCUT2D eigenvalue weighted by Gasteiger charge is -2.37. The standard InChI is InChI=1S/C24H30FN3O5S/c1-5-8-18-11-19-23(26-12-18)33-21(16(2)13-28(24(19)30)17(3)15-29)14-27(4)34(31,32)22-10-7-6-9-20(22)25/h5-12,16-17,21,29H,13-15H2,1-4H3/t16-,17-,21+/m1/s1. The highest BCUT2D eigenvalue weighted by atomic mass is 32.2. The summed E-state index contributed by atoms with van der Waals surface area (Å²) < 4.78 is 47.4. The van der Waals surface area contributed by atoms with Crippen molar-refractivity contribution < 1.29 is 27.4 Å². The van der Waals surface area contributed by atoms with Gasteiger partial charge in [0.05, 0.1) is 19.2 Å². The maximum absolute atomic E-state index is 14.2. The zero-order chi connectivity index (χ0) is 25.0. The van der Waals surface area contributed by atoms with E-state index in [0.717, 1.165) is 10.4 Å². The molecule has 0 spiro atoms. The number of aromatic nitrogens is 1. The molecule has 0 aliphatic carbocycles. The smallest absolute Gasteiger partial charge is 0.259 e. The second-order valence-electron chi connectivity index (χ2n) is 8.46. The number of nitrogens with zero attached hydrogens (tertiary/aromatic N) is 3. The fraction of sp³-hybridized carbons (Fsp3) is 0.417. The van der Waals surface area contributed by atoms with Crippen LogP contribution >= 0.6 is 0 Å². The van der Waals surface area contributed by atoms with Gasteiger partial charge < -0.3 is 14.7 Å². The van der Waals surface area contributed by atoms with Crippen molar-refractivity contribution in [3.05, 3.63) is 59.5 Å². The van der Waals surface area contributed by atoms with Crippen molar-refractivity contribution in [1.29, 1.82) is 0 Å². The van der Waals surface area contributed by atoms with Gasteiger partial charge in [-0.3, -0.25) is 4.79 Å². The second kappa shape index (κ2) is 10.6. The van der Waals surface area contributed by atoms with Crippen LogP contribution in [0.4, 0.5) is 4.39 Å². The molecule has 2 heterocycles. The van der Waals surface area contributed by atoms with Crippen LogP contribution in [0.5, 0.6) is 5.88 Å². The zero-order valence-electron chi connectivity index (χ0n) is 19.7. The maximum Gasteiger partial charge on any atom is 0.259 e. The van der Waals surface area contributed by atoms with Crippen molar-refractivity contribution in [3.8, 4) is 5.88 Å². The highest BCUT2D eigenvalue weighted by molar-refractivity contribution is 7.89. The number of carbonyl (C=O) groups excluding carboxylic acids is 1. The van der Waals surface area contributed by atoms with Gasteiger partial charge >= 0.3 is 0 Å². The van der Waals surface area contributed by atoms with Gasteiger partial charge in [0.2, 0.25) is 15.9 Å². The molecular weight excluding hydrogens is 461 g/mol. The largest absolute Gasteiger partial charge is 0.472 e. The molecular formula is C24H30FN3O5S. The lowest BCUT2D eigenvalue weighted by molar-refractivity contribution is 0.0373. The van der Waals surface area contributed by atoms with Crippen LogP contribution in [0.1, 0.15) is 36.7 Å². The molecule has 3 rings (SSSR count). The minimum atomic E-state index is -4.12. The third-order valence-corrected chi connectivity index (χ3v) is 7.72. The molecule has 0 saturated heterocycles. The molecule has 1 aromatic heterocycles. The topological polar surface area (TPSA) is 100 Å². The Morgan fingerprint density at radius 1 is 1.38 bits per heavy atom. The van der Waals surface area contributed by atoms with Gasteiger partial charge in [-0.15, -0.1) is 0 Å². The molecule has 1 aromatic carbocycles. The van der Waals surface area contributed by atoms with Gasteiger partial charge in [0.1, 0.15) is 22.4 Å². The van der Waals surface area contributed by atoms with Crippen LogP contribution in [0, 0.1) is 11.7 Å². The number of hydrogen-bond acceptors (Lipinski definition) is 6. The van der Waals surface area contributed by atoms with Crippen LogP contribution in [-0.2, 0) is 10.0 Å². The van der Waals surface area contributed by atoms with Crippen molar-refractivity contribution >= 4 is 22.0 Å². The first-order valence-corrected chi connectivity index (χ1v) is 12.5. The first kappa shape index (κ1) is 25.8.